The number of nitrogens with zero attached hydrogens (tertiary/aromatic N) is 2. The van der Waals surface area contributed by atoms with E-state index >= 15 is 0 Å². The molecule has 1 saturated heterocycles. The van der Waals surface area contributed by atoms with Crippen LogP contribution in [-0.4, -0.2) is 75.4 Å². The maximum absolute atomic E-state index is 5.57. The van der Waals surface area contributed by atoms with Crippen molar-refractivity contribution in [1.82, 2.24) is 15.1 Å². The molecule has 1 N–H and O–H groups in total. The predicted molar refractivity (Wildman–Crippen MR) is 67.9 cm³/mol. The van der Waals surface area contributed by atoms with Gasteiger partial charge < -0.3 is 10.1 Å². The Hall–Kier alpha value is -0.160. The van der Waals surface area contributed by atoms with Crippen LogP contribution in [0.3, 0.4) is 0 Å². The van der Waals surface area contributed by atoms with E-state index in [0.717, 1.165) is 19.7 Å². The average Bonchev–Trinajstić information content (AvgIpc) is 2.27. The van der Waals surface area contributed by atoms with Crippen LogP contribution in [0.15, 0.2) is 0 Å². The normalized spacial score (nSPS) is 19.5. The maximum Gasteiger partial charge on any atom is 0.0596 e. The summed E-state index contributed by atoms with van der Waals surface area (Å²) in [7, 11) is 2.01. The predicted octanol–water partition coefficient (Wildman–Crippen LogP) is 0.248. The summed E-state index contributed by atoms with van der Waals surface area (Å²) in [6.07, 6.45) is 0.358. The van der Waals surface area contributed by atoms with Crippen LogP contribution >= 0.6 is 0 Å². The fourth-order valence-electron chi connectivity index (χ4n) is 1.92. The van der Waals surface area contributed by atoms with Crippen LogP contribution in [0.5, 0.6) is 0 Å². The molecular weight excluding hydrogens is 202 g/mol. The summed E-state index contributed by atoms with van der Waals surface area (Å²) in [6, 6.07) is 0. The molecule has 0 atom stereocenters. The van der Waals surface area contributed by atoms with Crippen molar-refractivity contribution in [2.24, 2.45) is 0 Å². The van der Waals surface area contributed by atoms with E-state index in [1.807, 2.05) is 7.05 Å². The Balaban J connectivity index is 2.03. The quantitative estimate of drug-likeness (QED) is 0.677. The van der Waals surface area contributed by atoms with Gasteiger partial charge in [0.15, 0.2) is 0 Å². The molecule has 1 heterocycles. The molecule has 0 spiro atoms. The van der Waals surface area contributed by atoms with E-state index in [2.05, 4.69) is 29.0 Å². The molecule has 0 saturated carbocycles. The Morgan fingerprint density at radius 3 is 2.12 bits per heavy atom. The smallest absolute Gasteiger partial charge is 0.0596 e. The largest absolute Gasteiger partial charge is 0.377 e. The number of hydrogen-bond acceptors (Lipinski definition) is 4. The van der Waals surface area contributed by atoms with Gasteiger partial charge in [-0.05, 0) is 20.9 Å². The van der Waals surface area contributed by atoms with Crippen LogP contribution in [0.1, 0.15) is 13.8 Å². The molecule has 0 bridgehead atoms. The summed E-state index contributed by atoms with van der Waals surface area (Å²) < 4.78 is 5.57. The van der Waals surface area contributed by atoms with Crippen LogP contribution in [0, 0.1) is 0 Å². The second-order valence-electron chi connectivity index (χ2n) is 4.71. The molecule has 0 amide bonds. The minimum absolute atomic E-state index is 0.358. The van der Waals surface area contributed by atoms with Crippen LogP contribution < -0.4 is 5.32 Å². The first-order valence-electron chi connectivity index (χ1n) is 6.43. The summed E-state index contributed by atoms with van der Waals surface area (Å²) in [5, 5.41) is 3.20. The molecule has 0 radical (unpaired) electrons. The van der Waals surface area contributed by atoms with Crippen molar-refractivity contribution in [1.29, 1.82) is 0 Å². The molecule has 16 heavy (non-hydrogen) atoms. The van der Waals surface area contributed by atoms with Gasteiger partial charge in [-0.15, -0.1) is 0 Å². The highest BCUT2D eigenvalue weighted by Crippen LogP contribution is 2.01. The first-order chi connectivity index (χ1) is 7.72. The van der Waals surface area contributed by atoms with Gasteiger partial charge in [0.25, 0.3) is 0 Å². The van der Waals surface area contributed by atoms with Gasteiger partial charge >= 0.3 is 0 Å². The molecular formula is C12H27N3O. The summed E-state index contributed by atoms with van der Waals surface area (Å²) in [5.41, 5.74) is 0. The lowest BCUT2D eigenvalue weighted by Gasteiger charge is -2.34. The van der Waals surface area contributed by atoms with Crippen molar-refractivity contribution in [3.8, 4) is 0 Å². The molecule has 0 aromatic heterocycles. The molecule has 0 aliphatic carbocycles. The third kappa shape index (κ3) is 5.80. The van der Waals surface area contributed by atoms with Crippen molar-refractivity contribution in [2.75, 3.05) is 59.5 Å². The fraction of sp³-hybridized carbons (Fsp3) is 1.00. The molecule has 1 rings (SSSR count). The average molecular weight is 229 g/mol. The lowest BCUT2D eigenvalue weighted by molar-refractivity contribution is 0.0450. The molecule has 1 aliphatic rings. The highest BCUT2D eigenvalue weighted by Gasteiger charge is 2.15. The number of nitrogens with one attached hydrogen (secondary N) is 1. The minimum Gasteiger partial charge on any atom is -0.377 e. The zero-order valence-electron chi connectivity index (χ0n) is 11.0. The van der Waals surface area contributed by atoms with Gasteiger partial charge in [0, 0.05) is 45.8 Å². The lowest BCUT2D eigenvalue weighted by atomic mass is 10.3. The highest BCUT2D eigenvalue weighted by atomic mass is 16.5. The SMILES string of the molecule is CNCCN1CCN(CCOC(C)C)CC1. The monoisotopic (exact) mass is 229 g/mol. The Labute approximate surface area is 99.9 Å². The van der Waals surface area contributed by atoms with E-state index in [1.165, 1.54) is 32.7 Å². The molecule has 96 valence electrons. The number of hydrogen-bond donors (Lipinski definition) is 1. The molecule has 0 unspecified atom stereocenters. The first kappa shape index (κ1) is 13.9. The van der Waals surface area contributed by atoms with Gasteiger partial charge in [-0.3, -0.25) is 9.80 Å². The highest BCUT2D eigenvalue weighted by molar-refractivity contribution is 4.72. The zero-order valence-corrected chi connectivity index (χ0v) is 11.0. The van der Waals surface area contributed by atoms with Crippen molar-refractivity contribution < 1.29 is 4.74 Å². The number of piperazine rings is 1. The zero-order chi connectivity index (χ0) is 11.8. The second kappa shape index (κ2) is 8.01. The summed E-state index contributed by atoms with van der Waals surface area (Å²) >= 11 is 0. The van der Waals surface area contributed by atoms with E-state index in [-0.39, 0.29) is 0 Å². The second-order valence-corrected chi connectivity index (χ2v) is 4.71. The fourth-order valence-corrected chi connectivity index (χ4v) is 1.92. The molecule has 4 heteroatoms. The lowest BCUT2D eigenvalue weighted by Crippen LogP contribution is -2.48. The Morgan fingerprint density at radius 1 is 1.06 bits per heavy atom. The van der Waals surface area contributed by atoms with E-state index in [1.54, 1.807) is 0 Å². The standard InChI is InChI=1S/C12H27N3O/c1-12(2)16-11-10-15-8-6-14(7-9-15)5-4-13-3/h12-13H,4-11H2,1-3H3. The van der Waals surface area contributed by atoms with Crippen LogP contribution in [0.25, 0.3) is 0 Å². The topological polar surface area (TPSA) is 27.7 Å². The first-order valence-corrected chi connectivity index (χ1v) is 6.43. The number of rotatable bonds is 7. The van der Waals surface area contributed by atoms with Crippen LogP contribution in [0.4, 0.5) is 0 Å². The van der Waals surface area contributed by atoms with Crippen molar-refractivity contribution in [3.05, 3.63) is 0 Å². The molecule has 0 aromatic carbocycles. The Bertz CT molecular complexity index is 168. The Morgan fingerprint density at radius 2 is 1.62 bits per heavy atom. The maximum atomic E-state index is 5.57. The molecule has 1 aliphatic heterocycles. The van der Waals surface area contributed by atoms with Gasteiger partial charge in [-0.25, -0.2) is 0 Å². The van der Waals surface area contributed by atoms with E-state index in [4.69, 9.17) is 4.74 Å². The van der Waals surface area contributed by atoms with E-state index in [9.17, 15) is 0 Å². The third-order valence-corrected chi connectivity index (χ3v) is 3.00. The summed E-state index contributed by atoms with van der Waals surface area (Å²) in [6.45, 7) is 13.2. The summed E-state index contributed by atoms with van der Waals surface area (Å²) in [4.78, 5) is 5.02. The van der Waals surface area contributed by atoms with Crippen molar-refractivity contribution >= 4 is 0 Å². The van der Waals surface area contributed by atoms with Crippen LogP contribution in [-0.2, 0) is 4.74 Å². The van der Waals surface area contributed by atoms with Crippen LogP contribution in [0.2, 0.25) is 0 Å². The van der Waals surface area contributed by atoms with Gasteiger partial charge in [0.2, 0.25) is 0 Å². The molecule has 4 nitrogen and oxygen atoms in total. The molecule has 0 aromatic rings. The van der Waals surface area contributed by atoms with Gasteiger partial charge in [0.05, 0.1) is 12.7 Å². The number of ether oxygens (including phenoxy) is 1. The van der Waals surface area contributed by atoms with E-state index in [0.29, 0.717) is 6.10 Å². The number of likely N-dealkylation sites (N-methyl/N-ethyl adjacent to an activating group) is 1. The third-order valence-electron chi connectivity index (χ3n) is 3.00. The van der Waals surface area contributed by atoms with Crippen molar-refractivity contribution in [2.45, 2.75) is 20.0 Å². The van der Waals surface area contributed by atoms with Gasteiger partial charge in [-0.1, -0.05) is 0 Å². The summed E-state index contributed by atoms with van der Waals surface area (Å²) in [5.74, 6) is 0. The van der Waals surface area contributed by atoms with Gasteiger partial charge in [0.1, 0.15) is 0 Å². The van der Waals surface area contributed by atoms with E-state index < -0.39 is 0 Å². The minimum atomic E-state index is 0.358. The molecule has 1 fully saturated rings. The Kier molecular flexibility index (Phi) is 6.96. The van der Waals surface area contributed by atoms with Crippen molar-refractivity contribution in [3.63, 3.8) is 0 Å². The van der Waals surface area contributed by atoms with Gasteiger partial charge in [-0.2, -0.15) is 0 Å².